The SMILES string of the molecule is COC(=O)[C@@H](NC(=O)OCC1CCCN1C)C(C)C. The molecule has 1 aliphatic rings. The summed E-state index contributed by atoms with van der Waals surface area (Å²) < 4.78 is 9.82. The largest absolute Gasteiger partial charge is 0.467 e. The summed E-state index contributed by atoms with van der Waals surface area (Å²) >= 11 is 0. The molecule has 1 aliphatic heterocycles. The zero-order valence-electron chi connectivity index (χ0n) is 12.1. The molecule has 1 N–H and O–H groups in total. The maximum Gasteiger partial charge on any atom is 0.407 e. The van der Waals surface area contributed by atoms with Crippen LogP contribution in [0.1, 0.15) is 26.7 Å². The molecule has 1 fully saturated rings. The first-order chi connectivity index (χ1) is 8.95. The van der Waals surface area contributed by atoms with Crippen LogP contribution in [0.2, 0.25) is 0 Å². The Labute approximate surface area is 114 Å². The van der Waals surface area contributed by atoms with E-state index in [2.05, 4.69) is 15.0 Å². The molecule has 0 radical (unpaired) electrons. The zero-order chi connectivity index (χ0) is 14.4. The highest BCUT2D eigenvalue weighted by Gasteiger charge is 2.27. The smallest absolute Gasteiger partial charge is 0.407 e. The van der Waals surface area contributed by atoms with Gasteiger partial charge in [0.25, 0.3) is 0 Å². The van der Waals surface area contributed by atoms with Gasteiger partial charge in [-0.15, -0.1) is 0 Å². The van der Waals surface area contributed by atoms with Gasteiger partial charge in [-0.2, -0.15) is 0 Å². The second-order valence-corrected chi connectivity index (χ2v) is 5.26. The minimum atomic E-state index is -0.668. The van der Waals surface area contributed by atoms with Gasteiger partial charge >= 0.3 is 12.1 Å². The lowest BCUT2D eigenvalue weighted by molar-refractivity contribution is -0.144. The topological polar surface area (TPSA) is 67.9 Å². The van der Waals surface area contributed by atoms with Crippen molar-refractivity contribution < 1.29 is 19.1 Å². The molecule has 1 heterocycles. The van der Waals surface area contributed by atoms with Crippen LogP contribution in [0.5, 0.6) is 0 Å². The number of ether oxygens (including phenoxy) is 2. The molecule has 6 heteroatoms. The summed E-state index contributed by atoms with van der Waals surface area (Å²) in [6.45, 7) is 5.07. The van der Waals surface area contributed by atoms with Gasteiger partial charge in [0.15, 0.2) is 0 Å². The van der Waals surface area contributed by atoms with Gasteiger partial charge in [0.1, 0.15) is 12.6 Å². The standard InChI is InChI=1S/C13H24N2O4/c1-9(2)11(12(16)18-4)14-13(17)19-8-10-6-5-7-15(10)3/h9-11H,5-8H2,1-4H3,(H,14,17)/t10?,11-/m0/s1. The minimum Gasteiger partial charge on any atom is -0.467 e. The zero-order valence-corrected chi connectivity index (χ0v) is 12.1. The third-order valence-corrected chi connectivity index (χ3v) is 3.47. The van der Waals surface area contributed by atoms with Gasteiger partial charge in [0.2, 0.25) is 0 Å². The molecule has 1 unspecified atom stereocenters. The lowest BCUT2D eigenvalue weighted by Crippen LogP contribution is -2.46. The molecule has 1 saturated heterocycles. The van der Waals surface area contributed by atoms with E-state index in [4.69, 9.17) is 4.74 Å². The minimum absolute atomic E-state index is 0.0471. The maximum atomic E-state index is 11.7. The Morgan fingerprint density at radius 3 is 2.58 bits per heavy atom. The number of nitrogens with one attached hydrogen (secondary N) is 1. The van der Waals surface area contributed by atoms with E-state index in [1.807, 2.05) is 20.9 Å². The number of hydrogen-bond acceptors (Lipinski definition) is 5. The van der Waals surface area contributed by atoms with Gasteiger partial charge in [0, 0.05) is 6.04 Å². The molecule has 0 bridgehead atoms. The van der Waals surface area contributed by atoms with Crippen molar-refractivity contribution in [3.63, 3.8) is 0 Å². The van der Waals surface area contributed by atoms with Crippen molar-refractivity contribution in [2.24, 2.45) is 5.92 Å². The van der Waals surface area contributed by atoms with Crippen molar-refractivity contribution in [1.29, 1.82) is 0 Å². The number of likely N-dealkylation sites (N-methyl/N-ethyl adjacent to an activating group) is 1. The van der Waals surface area contributed by atoms with Crippen LogP contribution in [-0.4, -0.2) is 56.4 Å². The molecule has 0 spiro atoms. The number of alkyl carbamates (subject to hydrolysis) is 1. The summed E-state index contributed by atoms with van der Waals surface area (Å²) in [5.74, 6) is -0.501. The molecule has 0 saturated carbocycles. The molecule has 1 amide bonds. The van der Waals surface area contributed by atoms with Crippen molar-refractivity contribution in [1.82, 2.24) is 10.2 Å². The fraction of sp³-hybridized carbons (Fsp3) is 0.846. The van der Waals surface area contributed by atoms with E-state index in [-0.39, 0.29) is 12.0 Å². The van der Waals surface area contributed by atoms with Crippen LogP contribution in [0.15, 0.2) is 0 Å². The number of rotatable bonds is 5. The van der Waals surface area contributed by atoms with Crippen molar-refractivity contribution in [2.75, 3.05) is 27.3 Å². The highest BCUT2D eigenvalue weighted by molar-refractivity contribution is 5.81. The molecule has 0 aliphatic carbocycles. The Bertz CT molecular complexity index is 320. The fourth-order valence-electron chi connectivity index (χ4n) is 2.16. The second kappa shape index (κ2) is 7.33. The van der Waals surface area contributed by atoms with Crippen LogP contribution in [0.3, 0.4) is 0 Å². The maximum absolute atomic E-state index is 11.7. The van der Waals surface area contributed by atoms with Crippen LogP contribution in [0.4, 0.5) is 4.79 Å². The van der Waals surface area contributed by atoms with Crippen LogP contribution in [0.25, 0.3) is 0 Å². The highest BCUT2D eigenvalue weighted by Crippen LogP contribution is 2.14. The van der Waals surface area contributed by atoms with Crippen molar-refractivity contribution in [3.05, 3.63) is 0 Å². The normalized spacial score (nSPS) is 21.2. The lowest BCUT2D eigenvalue weighted by Gasteiger charge is -2.22. The number of hydrogen-bond donors (Lipinski definition) is 1. The van der Waals surface area contributed by atoms with Gasteiger partial charge in [-0.3, -0.25) is 0 Å². The average Bonchev–Trinajstić information content (AvgIpc) is 2.77. The molecule has 2 atom stereocenters. The summed E-state index contributed by atoms with van der Waals surface area (Å²) in [6.07, 6.45) is 1.60. The molecule has 19 heavy (non-hydrogen) atoms. The van der Waals surface area contributed by atoms with E-state index in [0.29, 0.717) is 6.61 Å². The van der Waals surface area contributed by atoms with E-state index in [1.54, 1.807) is 0 Å². The Balaban J connectivity index is 2.38. The summed E-state index contributed by atoms with van der Waals surface area (Å²) in [4.78, 5) is 25.4. The average molecular weight is 272 g/mol. The Kier molecular flexibility index (Phi) is 6.08. The first-order valence-corrected chi connectivity index (χ1v) is 6.67. The van der Waals surface area contributed by atoms with Crippen molar-refractivity contribution in [3.8, 4) is 0 Å². The van der Waals surface area contributed by atoms with Crippen LogP contribution in [0, 0.1) is 5.92 Å². The molecular weight excluding hydrogens is 248 g/mol. The number of carbonyl (C=O) groups excluding carboxylic acids is 2. The summed E-state index contributed by atoms with van der Waals surface area (Å²) in [7, 11) is 3.32. The third-order valence-electron chi connectivity index (χ3n) is 3.47. The van der Waals surface area contributed by atoms with E-state index in [9.17, 15) is 9.59 Å². The van der Waals surface area contributed by atoms with Gasteiger partial charge < -0.3 is 19.7 Å². The molecule has 1 rings (SSSR count). The van der Waals surface area contributed by atoms with Gasteiger partial charge in [0.05, 0.1) is 7.11 Å². The first-order valence-electron chi connectivity index (χ1n) is 6.67. The predicted molar refractivity (Wildman–Crippen MR) is 70.8 cm³/mol. The molecule has 0 aromatic heterocycles. The Hall–Kier alpha value is -1.30. The molecule has 0 aromatic rings. The van der Waals surface area contributed by atoms with E-state index in [1.165, 1.54) is 7.11 Å². The molecule has 0 aromatic carbocycles. The predicted octanol–water partition coefficient (Wildman–Crippen LogP) is 1.00. The molecule has 110 valence electrons. The monoisotopic (exact) mass is 272 g/mol. The number of methoxy groups -OCH3 is 1. The van der Waals surface area contributed by atoms with Crippen molar-refractivity contribution in [2.45, 2.75) is 38.8 Å². The number of likely N-dealkylation sites (tertiary alicyclic amines) is 1. The Morgan fingerprint density at radius 1 is 1.42 bits per heavy atom. The Morgan fingerprint density at radius 2 is 2.11 bits per heavy atom. The third kappa shape index (κ3) is 4.70. The highest BCUT2D eigenvalue weighted by atomic mass is 16.6. The number of esters is 1. The van der Waals surface area contributed by atoms with Gasteiger partial charge in [-0.1, -0.05) is 13.8 Å². The second-order valence-electron chi connectivity index (χ2n) is 5.26. The van der Waals surface area contributed by atoms with Crippen LogP contribution >= 0.6 is 0 Å². The van der Waals surface area contributed by atoms with Crippen LogP contribution in [-0.2, 0) is 14.3 Å². The summed E-state index contributed by atoms with van der Waals surface area (Å²) in [5, 5.41) is 2.55. The fourth-order valence-corrected chi connectivity index (χ4v) is 2.16. The summed E-state index contributed by atoms with van der Waals surface area (Å²) in [6, 6.07) is -0.389. The van der Waals surface area contributed by atoms with E-state index in [0.717, 1.165) is 19.4 Å². The molecular formula is C13H24N2O4. The lowest BCUT2D eigenvalue weighted by atomic mass is 10.1. The van der Waals surface area contributed by atoms with Crippen LogP contribution < -0.4 is 5.32 Å². The van der Waals surface area contributed by atoms with Gasteiger partial charge in [-0.05, 0) is 32.4 Å². The van der Waals surface area contributed by atoms with Gasteiger partial charge in [-0.25, -0.2) is 9.59 Å². The van der Waals surface area contributed by atoms with E-state index < -0.39 is 18.1 Å². The quantitative estimate of drug-likeness (QED) is 0.756. The summed E-state index contributed by atoms with van der Waals surface area (Å²) in [5.41, 5.74) is 0. The first kappa shape index (κ1) is 15.8. The number of carbonyl (C=O) groups is 2. The molecule has 6 nitrogen and oxygen atoms in total. The number of nitrogens with zero attached hydrogens (tertiary/aromatic N) is 1. The van der Waals surface area contributed by atoms with E-state index >= 15 is 0 Å². The number of amides is 1. The van der Waals surface area contributed by atoms with Crippen molar-refractivity contribution >= 4 is 12.1 Å².